The molecule has 6 heteroatoms. The van der Waals surface area contributed by atoms with E-state index >= 15 is 0 Å². The maximum absolute atomic E-state index is 12.5. The number of ether oxygens (including phenoxy) is 1. The van der Waals surface area contributed by atoms with Crippen LogP contribution in [-0.4, -0.2) is 40.9 Å². The predicted molar refractivity (Wildman–Crippen MR) is 96.7 cm³/mol. The van der Waals surface area contributed by atoms with E-state index in [1.54, 1.807) is 18.0 Å². The first kappa shape index (κ1) is 17.3. The zero-order valence-corrected chi connectivity index (χ0v) is 15.1. The van der Waals surface area contributed by atoms with Gasteiger partial charge >= 0.3 is 6.03 Å². The van der Waals surface area contributed by atoms with Crippen LogP contribution in [0.1, 0.15) is 42.9 Å². The van der Waals surface area contributed by atoms with E-state index in [1.807, 2.05) is 43.3 Å². The number of aryl methyl sites for hydroxylation is 1. The molecule has 2 amide bonds. The third-order valence-corrected chi connectivity index (χ3v) is 4.93. The Morgan fingerprint density at radius 2 is 2.04 bits per heavy atom. The summed E-state index contributed by atoms with van der Waals surface area (Å²) in [4.78, 5) is 14.4. The van der Waals surface area contributed by atoms with Crippen LogP contribution in [0.3, 0.4) is 0 Å². The lowest BCUT2D eigenvalue weighted by atomic mass is 9.89. The quantitative estimate of drug-likeness (QED) is 0.929. The number of nitrogens with zero attached hydrogens (tertiary/aromatic N) is 3. The van der Waals surface area contributed by atoms with Gasteiger partial charge in [-0.15, -0.1) is 0 Å². The lowest BCUT2D eigenvalue weighted by Gasteiger charge is -2.33. The first-order valence-corrected chi connectivity index (χ1v) is 8.75. The number of carbonyl (C=O) groups is 1. The van der Waals surface area contributed by atoms with Crippen molar-refractivity contribution < 1.29 is 9.53 Å². The van der Waals surface area contributed by atoms with Crippen molar-refractivity contribution in [3.8, 4) is 5.75 Å². The Labute approximate surface area is 148 Å². The zero-order chi connectivity index (χ0) is 17.8. The Balaban J connectivity index is 1.55. The number of piperidine rings is 1. The third kappa shape index (κ3) is 3.95. The maximum Gasteiger partial charge on any atom is 0.317 e. The van der Waals surface area contributed by atoms with Gasteiger partial charge in [-0.3, -0.25) is 4.68 Å². The van der Waals surface area contributed by atoms with Crippen LogP contribution in [0.2, 0.25) is 0 Å². The number of benzene rings is 1. The number of methoxy groups -OCH3 is 1. The highest BCUT2D eigenvalue weighted by Gasteiger charge is 2.26. The lowest BCUT2D eigenvalue weighted by Crippen LogP contribution is -2.44. The highest BCUT2D eigenvalue weighted by atomic mass is 16.5. The largest absolute Gasteiger partial charge is 0.496 e. The molecular formula is C19H26N4O2. The van der Waals surface area contributed by atoms with E-state index < -0.39 is 0 Å². The average Bonchev–Trinajstić information content (AvgIpc) is 3.08. The Hall–Kier alpha value is -2.50. The SMILES string of the molecule is COc1ccccc1C1CCN(C(=O)N[C@H](C)c2cnn(C)c2)CC1. The van der Waals surface area contributed by atoms with Gasteiger partial charge in [-0.05, 0) is 37.3 Å². The molecule has 1 aromatic carbocycles. The molecule has 1 aliphatic rings. The molecule has 0 radical (unpaired) electrons. The van der Waals surface area contributed by atoms with Gasteiger partial charge in [-0.25, -0.2) is 4.79 Å². The average molecular weight is 342 g/mol. The van der Waals surface area contributed by atoms with Crippen LogP contribution in [0.5, 0.6) is 5.75 Å². The van der Waals surface area contributed by atoms with Crippen LogP contribution in [0.4, 0.5) is 4.79 Å². The van der Waals surface area contributed by atoms with E-state index in [-0.39, 0.29) is 12.1 Å². The van der Waals surface area contributed by atoms with Gasteiger partial charge < -0.3 is 15.0 Å². The van der Waals surface area contributed by atoms with Crippen molar-refractivity contribution in [2.75, 3.05) is 20.2 Å². The van der Waals surface area contributed by atoms with E-state index in [2.05, 4.69) is 16.5 Å². The van der Waals surface area contributed by atoms with Crippen LogP contribution >= 0.6 is 0 Å². The number of hydrogen-bond donors (Lipinski definition) is 1. The molecule has 1 aliphatic heterocycles. The lowest BCUT2D eigenvalue weighted by molar-refractivity contribution is 0.178. The Bertz CT molecular complexity index is 720. The molecule has 1 N–H and O–H groups in total. The van der Waals surface area contributed by atoms with Crippen molar-refractivity contribution in [1.29, 1.82) is 0 Å². The number of aromatic nitrogens is 2. The molecule has 134 valence electrons. The van der Waals surface area contributed by atoms with Crippen molar-refractivity contribution in [3.63, 3.8) is 0 Å². The van der Waals surface area contributed by atoms with Crippen LogP contribution in [0, 0.1) is 0 Å². The smallest absolute Gasteiger partial charge is 0.317 e. The van der Waals surface area contributed by atoms with Crippen molar-refractivity contribution in [1.82, 2.24) is 20.0 Å². The van der Waals surface area contributed by atoms with Crippen molar-refractivity contribution in [2.45, 2.75) is 31.7 Å². The van der Waals surface area contributed by atoms with Gasteiger partial charge in [0, 0.05) is 31.9 Å². The number of hydrogen-bond acceptors (Lipinski definition) is 3. The zero-order valence-electron chi connectivity index (χ0n) is 15.1. The summed E-state index contributed by atoms with van der Waals surface area (Å²) >= 11 is 0. The summed E-state index contributed by atoms with van der Waals surface area (Å²) in [6, 6.07) is 8.12. The summed E-state index contributed by atoms with van der Waals surface area (Å²) < 4.78 is 7.22. The van der Waals surface area contributed by atoms with Crippen LogP contribution in [0.15, 0.2) is 36.7 Å². The molecule has 2 aromatic rings. The fourth-order valence-electron chi connectivity index (χ4n) is 3.42. The molecule has 0 saturated carbocycles. The minimum absolute atomic E-state index is 0.00479. The van der Waals surface area contributed by atoms with Crippen molar-refractivity contribution in [2.24, 2.45) is 7.05 Å². The molecule has 0 spiro atoms. The van der Waals surface area contributed by atoms with Crippen LogP contribution in [-0.2, 0) is 7.05 Å². The number of amides is 2. The van der Waals surface area contributed by atoms with E-state index in [0.29, 0.717) is 5.92 Å². The van der Waals surface area contributed by atoms with E-state index in [1.165, 1.54) is 5.56 Å². The molecule has 0 aliphatic carbocycles. The molecule has 1 aromatic heterocycles. The second-order valence-corrected chi connectivity index (χ2v) is 6.62. The van der Waals surface area contributed by atoms with Gasteiger partial charge in [0.05, 0.1) is 19.3 Å². The topological polar surface area (TPSA) is 59.4 Å². The van der Waals surface area contributed by atoms with Gasteiger partial charge in [0.15, 0.2) is 0 Å². The Morgan fingerprint density at radius 1 is 1.32 bits per heavy atom. The summed E-state index contributed by atoms with van der Waals surface area (Å²) in [5, 5.41) is 7.22. The summed E-state index contributed by atoms with van der Waals surface area (Å²) in [5.74, 6) is 1.38. The molecule has 1 saturated heterocycles. The molecular weight excluding hydrogens is 316 g/mol. The first-order chi connectivity index (χ1) is 12.1. The number of likely N-dealkylation sites (tertiary alicyclic amines) is 1. The number of rotatable bonds is 4. The summed E-state index contributed by atoms with van der Waals surface area (Å²) in [6.45, 7) is 3.50. The normalized spacial score (nSPS) is 16.5. The van der Waals surface area contributed by atoms with E-state index in [0.717, 1.165) is 37.2 Å². The molecule has 2 heterocycles. The molecule has 3 rings (SSSR count). The number of urea groups is 1. The summed E-state index contributed by atoms with van der Waals surface area (Å²) in [7, 11) is 3.59. The number of carbonyl (C=O) groups excluding carboxylic acids is 1. The third-order valence-electron chi connectivity index (χ3n) is 4.93. The highest BCUT2D eigenvalue weighted by molar-refractivity contribution is 5.74. The summed E-state index contributed by atoms with van der Waals surface area (Å²) in [5.41, 5.74) is 2.26. The van der Waals surface area contributed by atoms with Crippen LogP contribution < -0.4 is 10.1 Å². The number of nitrogens with one attached hydrogen (secondary N) is 1. The Morgan fingerprint density at radius 3 is 2.68 bits per heavy atom. The van der Waals surface area contributed by atoms with Crippen LogP contribution in [0.25, 0.3) is 0 Å². The van der Waals surface area contributed by atoms with Gasteiger partial charge in [-0.1, -0.05) is 18.2 Å². The second-order valence-electron chi connectivity index (χ2n) is 6.62. The first-order valence-electron chi connectivity index (χ1n) is 8.75. The van der Waals surface area contributed by atoms with E-state index in [4.69, 9.17) is 4.74 Å². The summed E-state index contributed by atoms with van der Waals surface area (Å²) in [6.07, 6.45) is 5.63. The monoisotopic (exact) mass is 342 g/mol. The maximum atomic E-state index is 12.5. The highest BCUT2D eigenvalue weighted by Crippen LogP contribution is 2.34. The molecule has 25 heavy (non-hydrogen) atoms. The standard InChI is InChI=1S/C19H26N4O2/c1-14(16-12-20-22(2)13-16)21-19(24)23-10-8-15(9-11-23)17-6-4-5-7-18(17)25-3/h4-7,12-15H,8-11H2,1-3H3,(H,21,24)/t14-/m1/s1. The minimum atomic E-state index is -0.0480. The van der Waals surface area contributed by atoms with Gasteiger partial charge in [0.25, 0.3) is 0 Å². The molecule has 0 bridgehead atoms. The minimum Gasteiger partial charge on any atom is -0.496 e. The van der Waals surface area contributed by atoms with Gasteiger partial charge in [-0.2, -0.15) is 5.10 Å². The van der Waals surface area contributed by atoms with E-state index in [9.17, 15) is 4.79 Å². The van der Waals surface area contributed by atoms with Gasteiger partial charge in [0.1, 0.15) is 5.75 Å². The second kappa shape index (κ2) is 7.59. The Kier molecular flexibility index (Phi) is 5.26. The number of para-hydroxylation sites is 1. The van der Waals surface area contributed by atoms with Crippen molar-refractivity contribution in [3.05, 3.63) is 47.8 Å². The molecule has 6 nitrogen and oxygen atoms in total. The molecule has 1 atom stereocenters. The fraction of sp³-hybridized carbons (Fsp3) is 0.474. The fourth-order valence-corrected chi connectivity index (χ4v) is 3.42. The predicted octanol–water partition coefficient (Wildman–Crippen LogP) is 3.08. The molecule has 1 fully saturated rings. The van der Waals surface area contributed by atoms with Gasteiger partial charge in [0.2, 0.25) is 0 Å². The molecule has 0 unspecified atom stereocenters. The van der Waals surface area contributed by atoms with Crippen molar-refractivity contribution >= 4 is 6.03 Å².